The van der Waals surface area contributed by atoms with Crippen molar-refractivity contribution in [3.8, 4) is 5.75 Å². The van der Waals surface area contributed by atoms with Crippen LogP contribution in [0.1, 0.15) is 22.3 Å². The first-order valence-electron chi connectivity index (χ1n) is 8.42. The van der Waals surface area contributed by atoms with Crippen LogP contribution in [0, 0.1) is 17.5 Å². The summed E-state index contributed by atoms with van der Waals surface area (Å²) < 4.78 is 46.8. The summed E-state index contributed by atoms with van der Waals surface area (Å²) in [4.78, 5) is 12.2. The summed E-state index contributed by atoms with van der Waals surface area (Å²) in [5.41, 5.74) is -0.872. The summed E-state index contributed by atoms with van der Waals surface area (Å²) in [6.45, 7) is 5.24. The summed E-state index contributed by atoms with van der Waals surface area (Å²) in [5, 5.41) is 3.15. The lowest BCUT2D eigenvalue weighted by atomic mass is 10.0. The molecule has 6 heteroatoms. The molecule has 3 nitrogen and oxygen atoms in total. The van der Waals surface area contributed by atoms with Crippen LogP contribution in [-0.4, -0.2) is 25.5 Å². The van der Waals surface area contributed by atoms with E-state index in [0.29, 0.717) is 6.54 Å². The number of benzene rings is 2. The average Bonchev–Trinajstić information content (AvgIpc) is 2.64. The van der Waals surface area contributed by atoms with Crippen molar-refractivity contribution < 1.29 is 22.7 Å². The molecule has 0 bridgehead atoms. The number of rotatable bonds is 10. The van der Waals surface area contributed by atoms with Gasteiger partial charge in [0.1, 0.15) is 18.2 Å². The first kappa shape index (κ1) is 20.5. The Labute approximate surface area is 156 Å². The number of ether oxygens (including phenoxy) is 1. The van der Waals surface area contributed by atoms with Gasteiger partial charge in [-0.2, -0.15) is 0 Å². The van der Waals surface area contributed by atoms with E-state index < -0.39 is 28.8 Å². The van der Waals surface area contributed by atoms with E-state index in [4.69, 9.17) is 4.74 Å². The zero-order valence-electron chi connectivity index (χ0n) is 14.7. The minimum Gasteiger partial charge on any atom is -0.486 e. The Bertz CT molecular complexity index is 814. The van der Waals surface area contributed by atoms with Crippen molar-refractivity contribution in [1.82, 2.24) is 5.32 Å². The fraction of sp³-hybridized carbons (Fsp3) is 0.190. The maximum Gasteiger partial charge on any atom is 0.199 e. The second kappa shape index (κ2) is 10.3. The summed E-state index contributed by atoms with van der Waals surface area (Å²) in [5.74, 6) is -3.75. The highest BCUT2D eigenvalue weighted by Crippen LogP contribution is 2.22. The molecule has 0 radical (unpaired) electrons. The zero-order valence-corrected chi connectivity index (χ0v) is 14.7. The smallest absolute Gasteiger partial charge is 0.199 e. The predicted molar refractivity (Wildman–Crippen MR) is 98.5 cm³/mol. The van der Waals surface area contributed by atoms with Crippen molar-refractivity contribution >= 4 is 5.78 Å². The van der Waals surface area contributed by atoms with E-state index in [1.807, 2.05) is 12.2 Å². The van der Waals surface area contributed by atoms with Gasteiger partial charge in [0.2, 0.25) is 0 Å². The monoisotopic (exact) mass is 375 g/mol. The lowest BCUT2D eigenvalue weighted by Crippen LogP contribution is -2.14. The van der Waals surface area contributed by atoms with Crippen LogP contribution in [0.5, 0.6) is 5.75 Å². The summed E-state index contributed by atoms with van der Waals surface area (Å²) >= 11 is 0. The number of halogens is 3. The van der Waals surface area contributed by atoms with Crippen LogP contribution in [0.15, 0.2) is 61.2 Å². The van der Waals surface area contributed by atoms with Gasteiger partial charge in [-0.25, -0.2) is 13.2 Å². The molecule has 2 aromatic rings. The zero-order chi connectivity index (χ0) is 19.6. The number of carbonyl (C=O) groups is 1. The molecule has 27 heavy (non-hydrogen) atoms. The lowest BCUT2D eigenvalue weighted by Gasteiger charge is -2.08. The lowest BCUT2D eigenvalue weighted by molar-refractivity contribution is 0.103. The number of nitrogens with one attached hydrogen (secondary N) is 1. The van der Waals surface area contributed by atoms with Crippen LogP contribution in [-0.2, 0) is 0 Å². The molecule has 0 aliphatic carbocycles. The van der Waals surface area contributed by atoms with Crippen molar-refractivity contribution in [3.63, 3.8) is 0 Å². The molecule has 0 aliphatic heterocycles. The van der Waals surface area contributed by atoms with E-state index in [-0.39, 0.29) is 17.9 Å². The maximum atomic E-state index is 14.1. The molecule has 0 saturated heterocycles. The van der Waals surface area contributed by atoms with E-state index in [9.17, 15) is 18.0 Å². The van der Waals surface area contributed by atoms with Crippen molar-refractivity contribution in [2.45, 2.75) is 6.42 Å². The Hall–Kier alpha value is -2.86. The number of carbonyl (C=O) groups excluding carboxylic acids is 1. The summed E-state index contributed by atoms with van der Waals surface area (Å²) in [6, 6.07) is 6.54. The molecule has 142 valence electrons. The van der Waals surface area contributed by atoms with Crippen LogP contribution in [0.3, 0.4) is 0 Å². The third kappa shape index (κ3) is 5.82. The fourth-order valence-electron chi connectivity index (χ4n) is 2.30. The number of hydrogen-bond donors (Lipinski definition) is 1. The van der Waals surface area contributed by atoms with Crippen LogP contribution in [0.4, 0.5) is 13.2 Å². The predicted octanol–water partition coefficient (Wildman–Crippen LogP) is 4.44. The standard InChI is InChI=1S/C21H20F3NO2/c1-2-3-11-25-12-4-5-13-27-19-10-9-15(14-18(19)24)21(26)20-16(22)7-6-8-17(20)23/h2,4-10,14,25H,1,3,11-13H2/b5-4+. The van der Waals surface area contributed by atoms with Gasteiger partial charge in [-0.05, 0) is 43.3 Å². The molecule has 0 aromatic heterocycles. The highest BCUT2D eigenvalue weighted by Gasteiger charge is 2.20. The maximum absolute atomic E-state index is 14.1. The fourth-order valence-corrected chi connectivity index (χ4v) is 2.30. The largest absolute Gasteiger partial charge is 0.486 e. The first-order chi connectivity index (χ1) is 13.0. The molecular weight excluding hydrogens is 355 g/mol. The van der Waals surface area contributed by atoms with Crippen LogP contribution in [0.25, 0.3) is 0 Å². The molecule has 0 fully saturated rings. The van der Waals surface area contributed by atoms with E-state index in [2.05, 4.69) is 11.9 Å². The Morgan fingerprint density at radius 3 is 2.48 bits per heavy atom. The van der Waals surface area contributed by atoms with Gasteiger partial charge in [0.25, 0.3) is 0 Å². The molecule has 0 heterocycles. The molecule has 0 atom stereocenters. The van der Waals surface area contributed by atoms with Gasteiger partial charge in [0.05, 0.1) is 5.56 Å². The van der Waals surface area contributed by atoms with Crippen molar-refractivity contribution in [2.24, 2.45) is 0 Å². The Morgan fingerprint density at radius 1 is 1.07 bits per heavy atom. The van der Waals surface area contributed by atoms with Crippen molar-refractivity contribution in [2.75, 3.05) is 19.7 Å². The SMILES string of the molecule is C=CCCNC/C=C/COc1ccc(C(=O)c2c(F)cccc2F)cc1F. The van der Waals surface area contributed by atoms with E-state index >= 15 is 0 Å². The van der Waals surface area contributed by atoms with E-state index in [0.717, 1.165) is 37.2 Å². The highest BCUT2D eigenvalue weighted by molar-refractivity contribution is 6.09. The molecule has 0 spiro atoms. The van der Waals surface area contributed by atoms with Gasteiger partial charge < -0.3 is 10.1 Å². The van der Waals surface area contributed by atoms with Gasteiger partial charge in [-0.3, -0.25) is 4.79 Å². The number of hydrogen-bond acceptors (Lipinski definition) is 3. The summed E-state index contributed by atoms with van der Waals surface area (Å²) in [6.07, 6.45) is 6.27. The summed E-state index contributed by atoms with van der Waals surface area (Å²) in [7, 11) is 0. The molecule has 0 unspecified atom stereocenters. The second-order valence-corrected chi connectivity index (χ2v) is 5.63. The minimum absolute atomic E-state index is 0.0511. The quantitative estimate of drug-likeness (QED) is 0.379. The third-order valence-electron chi connectivity index (χ3n) is 3.67. The Kier molecular flexibility index (Phi) is 7.82. The second-order valence-electron chi connectivity index (χ2n) is 5.63. The van der Waals surface area contributed by atoms with E-state index in [1.54, 1.807) is 6.08 Å². The van der Waals surface area contributed by atoms with Crippen LogP contribution < -0.4 is 10.1 Å². The van der Waals surface area contributed by atoms with Crippen molar-refractivity contribution in [3.05, 3.63) is 89.8 Å². The van der Waals surface area contributed by atoms with Crippen LogP contribution in [0.2, 0.25) is 0 Å². The third-order valence-corrected chi connectivity index (χ3v) is 3.67. The number of ketones is 1. The molecule has 0 aliphatic rings. The first-order valence-corrected chi connectivity index (χ1v) is 8.42. The van der Waals surface area contributed by atoms with Gasteiger partial charge in [-0.1, -0.05) is 24.3 Å². The van der Waals surface area contributed by atoms with Crippen molar-refractivity contribution in [1.29, 1.82) is 0 Å². The van der Waals surface area contributed by atoms with Crippen LogP contribution >= 0.6 is 0 Å². The Morgan fingerprint density at radius 2 is 1.81 bits per heavy atom. The molecule has 0 amide bonds. The Balaban J connectivity index is 1.96. The molecule has 1 N–H and O–H groups in total. The normalized spacial score (nSPS) is 10.9. The molecule has 0 saturated carbocycles. The van der Waals surface area contributed by atoms with Gasteiger partial charge in [0.15, 0.2) is 17.3 Å². The van der Waals surface area contributed by atoms with Gasteiger partial charge >= 0.3 is 0 Å². The van der Waals surface area contributed by atoms with Gasteiger partial charge in [-0.15, -0.1) is 6.58 Å². The topological polar surface area (TPSA) is 38.3 Å². The average molecular weight is 375 g/mol. The highest BCUT2D eigenvalue weighted by atomic mass is 19.1. The van der Waals surface area contributed by atoms with Gasteiger partial charge in [0, 0.05) is 12.1 Å². The minimum atomic E-state index is -0.993. The molecule has 2 rings (SSSR count). The molecule has 2 aromatic carbocycles. The molecular formula is C21H20F3NO2. The van der Waals surface area contributed by atoms with E-state index in [1.165, 1.54) is 12.1 Å².